The second-order valence-electron chi connectivity index (χ2n) is 5.44. The van der Waals surface area contributed by atoms with Crippen LogP contribution in [0.25, 0.3) is 0 Å². The number of ether oxygens (including phenoxy) is 1. The van der Waals surface area contributed by atoms with Crippen LogP contribution in [0.15, 0.2) is 18.3 Å². The van der Waals surface area contributed by atoms with Crippen LogP contribution in [-0.4, -0.2) is 66.2 Å². The number of morpholine rings is 1. The van der Waals surface area contributed by atoms with Gasteiger partial charge >= 0.3 is 0 Å². The van der Waals surface area contributed by atoms with E-state index < -0.39 is 0 Å². The van der Waals surface area contributed by atoms with E-state index in [1.54, 1.807) is 11.1 Å². The van der Waals surface area contributed by atoms with E-state index in [2.05, 4.69) is 15.2 Å². The zero-order chi connectivity index (χ0) is 16.1. The number of thioether (sulfide) groups is 1. The number of hydrogen-bond donors (Lipinski definition) is 1. The third kappa shape index (κ3) is 4.35. The Kier molecular flexibility index (Phi) is 5.35. The van der Waals surface area contributed by atoms with Crippen molar-refractivity contribution in [1.29, 1.82) is 0 Å². The number of anilines is 1. The van der Waals surface area contributed by atoms with E-state index in [0.717, 1.165) is 43.4 Å². The van der Waals surface area contributed by atoms with Gasteiger partial charge in [0.2, 0.25) is 5.91 Å². The van der Waals surface area contributed by atoms with E-state index in [1.807, 2.05) is 12.1 Å². The van der Waals surface area contributed by atoms with Crippen molar-refractivity contribution in [3.63, 3.8) is 0 Å². The molecule has 0 atom stereocenters. The summed E-state index contributed by atoms with van der Waals surface area (Å²) in [6.45, 7) is 4.36. The monoisotopic (exact) mass is 336 g/mol. The van der Waals surface area contributed by atoms with Crippen LogP contribution in [0.3, 0.4) is 0 Å². The van der Waals surface area contributed by atoms with Crippen molar-refractivity contribution in [2.24, 2.45) is 0 Å². The van der Waals surface area contributed by atoms with E-state index in [-0.39, 0.29) is 17.7 Å². The lowest BCUT2D eigenvalue weighted by atomic mass is 10.2. The fourth-order valence-corrected chi connectivity index (χ4v) is 3.32. The van der Waals surface area contributed by atoms with Crippen molar-refractivity contribution in [2.75, 3.05) is 50.0 Å². The molecule has 0 unspecified atom stereocenters. The van der Waals surface area contributed by atoms with E-state index in [9.17, 15) is 9.59 Å². The van der Waals surface area contributed by atoms with Crippen LogP contribution in [-0.2, 0) is 16.1 Å². The first kappa shape index (κ1) is 16.1. The lowest BCUT2D eigenvalue weighted by Crippen LogP contribution is -2.37. The van der Waals surface area contributed by atoms with E-state index in [1.165, 1.54) is 11.8 Å². The van der Waals surface area contributed by atoms with Crippen LogP contribution in [0.4, 0.5) is 10.6 Å². The first-order chi connectivity index (χ1) is 11.2. The van der Waals surface area contributed by atoms with Gasteiger partial charge in [0.25, 0.3) is 5.24 Å². The Morgan fingerprint density at radius 3 is 2.78 bits per heavy atom. The molecule has 3 heterocycles. The number of rotatable bonds is 5. The molecule has 2 amide bonds. The predicted octanol–water partition coefficient (Wildman–Crippen LogP) is 0.703. The standard InChI is InChI=1S/C15H20N4O3S/c20-14(11-19-5-8-23-15(19)21)17-10-12-1-2-13(16-9-12)18-3-6-22-7-4-18/h1-2,9H,3-8,10-11H2,(H,17,20). The number of aromatic nitrogens is 1. The fraction of sp³-hybridized carbons (Fsp3) is 0.533. The summed E-state index contributed by atoms with van der Waals surface area (Å²) in [5.74, 6) is 1.56. The summed E-state index contributed by atoms with van der Waals surface area (Å²) in [5, 5.41) is 2.81. The van der Waals surface area contributed by atoms with Gasteiger partial charge in [-0.05, 0) is 11.6 Å². The summed E-state index contributed by atoms with van der Waals surface area (Å²) in [6.07, 6.45) is 1.78. The normalized spacial score (nSPS) is 18.3. The van der Waals surface area contributed by atoms with Crippen LogP contribution < -0.4 is 10.2 Å². The summed E-state index contributed by atoms with van der Waals surface area (Å²) < 4.78 is 5.33. The molecule has 1 aromatic rings. The second-order valence-corrected chi connectivity index (χ2v) is 6.48. The van der Waals surface area contributed by atoms with Gasteiger partial charge in [-0.25, -0.2) is 4.98 Å². The van der Waals surface area contributed by atoms with Gasteiger partial charge in [0.1, 0.15) is 12.4 Å². The van der Waals surface area contributed by atoms with Crippen molar-refractivity contribution in [2.45, 2.75) is 6.54 Å². The Morgan fingerprint density at radius 1 is 1.30 bits per heavy atom. The molecule has 23 heavy (non-hydrogen) atoms. The molecular weight excluding hydrogens is 316 g/mol. The molecule has 124 valence electrons. The van der Waals surface area contributed by atoms with Crippen molar-refractivity contribution in [3.8, 4) is 0 Å². The SMILES string of the molecule is O=C(CN1CCSC1=O)NCc1ccc(N2CCOCC2)nc1. The molecule has 2 fully saturated rings. The number of amides is 2. The minimum absolute atomic E-state index is 0.0170. The Labute approximate surface area is 139 Å². The van der Waals surface area contributed by atoms with Gasteiger partial charge in [0.05, 0.1) is 13.2 Å². The molecule has 1 aromatic heterocycles. The van der Waals surface area contributed by atoms with E-state index >= 15 is 0 Å². The number of nitrogens with zero attached hydrogens (tertiary/aromatic N) is 3. The highest BCUT2D eigenvalue weighted by atomic mass is 32.2. The molecule has 0 radical (unpaired) electrons. The molecular formula is C15H20N4O3S. The van der Waals surface area contributed by atoms with Crippen molar-refractivity contribution >= 4 is 28.7 Å². The molecule has 1 N–H and O–H groups in total. The molecule has 2 aliphatic heterocycles. The minimum Gasteiger partial charge on any atom is -0.378 e. The van der Waals surface area contributed by atoms with Crippen LogP contribution in [0, 0.1) is 0 Å². The molecule has 0 aliphatic carbocycles. The summed E-state index contributed by atoms with van der Waals surface area (Å²) >= 11 is 1.26. The van der Waals surface area contributed by atoms with Gasteiger partial charge in [0, 0.05) is 38.1 Å². The van der Waals surface area contributed by atoms with Gasteiger partial charge in [-0.1, -0.05) is 17.8 Å². The number of pyridine rings is 1. The van der Waals surface area contributed by atoms with Gasteiger partial charge in [-0.15, -0.1) is 0 Å². The van der Waals surface area contributed by atoms with E-state index in [4.69, 9.17) is 4.74 Å². The summed E-state index contributed by atoms with van der Waals surface area (Å²) in [4.78, 5) is 31.5. The zero-order valence-electron chi connectivity index (χ0n) is 12.9. The maximum absolute atomic E-state index is 11.9. The molecule has 0 bridgehead atoms. The second kappa shape index (κ2) is 7.65. The first-order valence-corrected chi connectivity index (χ1v) is 8.67. The molecule has 0 spiro atoms. The summed E-state index contributed by atoms with van der Waals surface area (Å²) in [5.41, 5.74) is 0.942. The molecule has 3 rings (SSSR count). The van der Waals surface area contributed by atoms with Gasteiger partial charge in [-0.2, -0.15) is 0 Å². The summed E-state index contributed by atoms with van der Waals surface area (Å²) in [7, 11) is 0. The Bertz CT molecular complexity index is 560. The maximum Gasteiger partial charge on any atom is 0.282 e. The molecule has 0 saturated carbocycles. The quantitative estimate of drug-likeness (QED) is 0.853. The molecule has 2 aliphatic rings. The number of hydrogen-bond acceptors (Lipinski definition) is 6. The maximum atomic E-state index is 11.9. The highest BCUT2D eigenvalue weighted by Crippen LogP contribution is 2.16. The van der Waals surface area contributed by atoms with Crippen LogP contribution in [0.5, 0.6) is 0 Å². The third-order valence-electron chi connectivity index (χ3n) is 3.81. The third-order valence-corrected chi connectivity index (χ3v) is 4.71. The van der Waals surface area contributed by atoms with Crippen molar-refractivity contribution in [3.05, 3.63) is 23.9 Å². The lowest BCUT2D eigenvalue weighted by molar-refractivity contribution is -0.121. The fourth-order valence-electron chi connectivity index (χ4n) is 2.50. The van der Waals surface area contributed by atoms with Gasteiger partial charge < -0.3 is 19.9 Å². The van der Waals surface area contributed by atoms with Crippen molar-refractivity contribution < 1.29 is 14.3 Å². The predicted molar refractivity (Wildman–Crippen MR) is 88.5 cm³/mol. The largest absolute Gasteiger partial charge is 0.378 e. The van der Waals surface area contributed by atoms with E-state index in [0.29, 0.717) is 13.1 Å². The van der Waals surface area contributed by atoms with Crippen molar-refractivity contribution in [1.82, 2.24) is 15.2 Å². The lowest BCUT2D eigenvalue weighted by Gasteiger charge is -2.27. The smallest absolute Gasteiger partial charge is 0.282 e. The van der Waals surface area contributed by atoms with Crippen LogP contribution in [0.2, 0.25) is 0 Å². The minimum atomic E-state index is -0.141. The highest BCUT2D eigenvalue weighted by molar-refractivity contribution is 8.13. The Balaban J connectivity index is 1.46. The average molecular weight is 336 g/mol. The van der Waals surface area contributed by atoms with Gasteiger partial charge in [0.15, 0.2) is 0 Å². The number of carbonyl (C=O) groups is 2. The van der Waals surface area contributed by atoms with Crippen LogP contribution in [0.1, 0.15) is 5.56 Å². The van der Waals surface area contributed by atoms with Gasteiger partial charge in [-0.3, -0.25) is 9.59 Å². The molecule has 2 saturated heterocycles. The Hall–Kier alpha value is -1.80. The molecule has 0 aromatic carbocycles. The average Bonchev–Trinajstić information content (AvgIpc) is 2.99. The molecule has 8 heteroatoms. The first-order valence-electron chi connectivity index (χ1n) is 7.68. The number of nitrogens with one attached hydrogen (secondary N) is 1. The zero-order valence-corrected chi connectivity index (χ0v) is 13.7. The summed E-state index contributed by atoms with van der Waals surface area (Å²) in [6, 6.07) is 3.93. The number of carbonyl (C=O) groups excluding carboxylic acids is 2. The van der Waals surface area contributed by atoms with Crippen LogP contribution >= 0.6 is 11.8 Å². The highest BCUT2D eigenvalue weighted by Gasteiger charge is 2.23. The molecule has 7 nitrogen and oxygen atoms in total. The topological polar surface area (TPSA) is 74.8 Å². The Morgan fingerprint density at radius 2 is 2.13 bits per heavy atom.